The van der Waals surface area contributed by atoms with E-state index >= 15 is 0 Å². The molecule has 0 aromatic heterocycles. The molecular formula is C15H26F2N2O. The van der Waals surface area contributed by atoms with Crippen molar-refractivity contribution >= 4 is 5.91 Å². The van der Waals surface area contributed by atoms with Crippen LogP contribution in [-0.4, -0.2) is 42.4 Å². The Kier molecular flexibility index (Phi) is 5.75. The molecule has 0 spiro atoms. The summed E-state index contributed by atoms with van der Waals surface area (Å²) in [6.45, 7) is 2.38. The van der Waals surface area contributed by atoms with Crippen molar-refractivity contribution in [3.8, 4) is 0 Å². The molecule has 1 aliphatic carbocycles. The van der Waals surface area contributed by atoms with Crippen LogP contribution in [0.3, 0.4) is 0 Å². The van der Waals surface area contributed by atoms with Crippen molar-refractivity contribution in [2.24, 2.45) is 0 Å². The highest BCUT2D eigenvalue weighted by atomic mass is 19.3. The fraction of sp³-hybridized carbons (Fsp3) is 0.933. The van der Waals surface area contributed by atoms with E-state index in [0.29, 0.717) is 25.8 Å². The van der Waals surface area contributed by atoms with Gasteiger partial charge in [-0.3, -0.25) is 4.79 Å². The number of nitrogens with one attached hydrogen (secondary N) is 1. The Bertz CT molecular complexity index is 317. The molecule has 2 aliphatic rings. The van der Waals surface area contributed by atoms with Crippen LogP contribution in [0.2, 0.25) is 0 Å². The maximum atomic E-state index is 13.2. The van der Waals surface area contributed by atoms with E-state index in [2.05, 4.69) is 5.32 Å². The molecule has 1 amide bonds. The largest absolute Gasteiger partial charge is 0.343 e. The number of hydrogen-bond donors (Lipinski definition) is 1. The van der Waals surface area contributed by atoms with Gasteiger partial charge in [0.1, 0.15) is 0 Å². The fourth-order valence-electron chi connectivity index (χ4n) is 3.15. The molecule has 0 bridgehead atoms. The third-order valence-corrected chi connectivity index (χ3v) is 4.43. The van der Waals surface area contributed by atoms with Gasteiger partial charge in [0, 0.05) is 44.9 Å². The van der Waals surface area contributed by atoms with Crippen molar-refractivity contribution in [2.45, 2.75) is 69.8 Å². The Hall–Kier alpha value is -0.710. The standard InChI is InChI=1S/C15H26F2N2O/c16-15(17)8-4-5-13(6-9-15)18-10-7-14(20)19-11-2-1-3-12-19/h13,18H,1-12H2. The maximum absolute atomic E-state index is 13.2. The molecule has 2 fully saturated rings. The van der Waals surface area contributed by atoms with Gasteiger partial charge in [0.2, 0.25) is 11.8 Å². The average molecular weight is 288 g/mol. The Morgan fingerprint density at radius 2 is 1.85 bits per heavy atom. The Balaban J connectivity index is 1.63. The van der Waals surface area contributed by atoms with Crippen LogP contribution >= 0.6 is 0 Å². The number of rotatable bonds is 4. The van der Waals surface area contributed by atoms with Crippen molar-refractivity contribution in [1.29, 1.82) is 0 Å². The smallest absolute Gasteiger partial charge is 0.248 e. The van der Waals surface area contributed by atoms with Crippen LogP contribution < -0.4 is 5.32 Å². The molecule has 1 saturated carbocycles. The molecule has 20 heavy (non-hydrogen) atoms. The van der Waals surface area contributed by atoms with Crippen LogP contribution in [0.5, 0.6) is 0 Å². The summed E-state index contributed by atoms with van der Waals surface area (Å²) in [5.74, 6) is -2.28. The predicted octanol–water partition coefficient (Wildman–Crippen LogP) is 2.95. The van der Waals surface area contributed by atoms with Gasteiger partial charge >= 0.3 is 0 Å². The summed E-state index contributed by atoms with van der Waals surface area (Å²) in [5, 5.41) is 3.29. The Morgan fingerprint density at radius 3 is 2.60 bits per heavy atom. The number of halogens is 2. The highest BCUT2D eigenvalue weighted by molar-refractivity contribution is 5.76. The highest BCUT2D eigenvalue weighted by Crippen LogP contribution is 2.31. The SMILES string of the molecule is O=C(CCNC1CCCC(F)(F)CC1)N1CCCCC1. The van der Waals surface area contributed by atoms with E-state index < -0.39 is 5.92 Å². The molecule has 1 aliphatic heterocycles. The second-order valence-corrected chi connectivity index (χ2v) is 6.13. The molecule has 1 unspecified atom stereocenters. The molecule has 1 atom stereocenters. The molecule has 0 aromatic carbocycles. The number of nitrogens with zero attached hydrogens (tertiary/aromatic N) is 1. The highest BCUT2D eigenvalue weighted by Gasteiger charge is 2.32. The molecule has 1 N–H and O–H groups in total. The van der Waals surface area contributed by atoms with Gasteiger partial charge in [0.05, 0.1) is 0 Å². The molecule has 0 radical (unpaired) electrons. The number of piperidine rings is 1. The van der Waals surface area contributed by atoms with Crippen molar-refractivity contribution in [3.05, 3.63) is 0 Å². The molecular weight excluding hydrogens is 262 g/mol. The zero-order chi connectivity index (χ0) is 14.4. The van der Waals surface area contributed by atoms with Gasteiger partial charge < -0.3 is 10.2 Å². The summed E-state index contributed by atoms with van der Waals surface area (Å²) < 4.78 is 26.5. The molecule has 5 heteroatoms. The zero-order valence-electron chi connectivity index (χ0n) is 12.2. The maximum Gasteiger partial charge on any atom is 0.248 e. The van der Waals surface area contributed by atoms with Crippen molar-refractivity contribution < 1.29 is 13.6 Å². The van der Waals surface area contributed by atoms with Gasteiger partial charge in [0.15, 0.2) is 0 Å². The summed E-state index contributed by atoms with van der Waals surface area (Å²) in [6, 6.07) is 0.150. The minimum Gasteiger partial charge on any atom is -0.343 e. The van der Waals surface area contributed by atoms with Gasteiger partial charge in [-0.05, 0) is 38.5 Å². The van der Waals surface area contributed by atoms with Gasteiger partial charge in [-0.1, -0.05) is 0 Å². The molecule has 3 nitrogen and oxygen atoms in total. The van der Waals surface area contributed by atoms with E-state index in [-0.39, 0.29) is 24.8 Å². The Labute approximate surface area is 120 Å². The zero-order valence-corrected chi connectivity index (χ0v) is 12.2. The normalized spacial score (nSPS) is 27.1. The van der Waals surface area contributed by atoms with Gasteiger partial charge in [-0.25, -0.2) is 8.78 Å². The summed E-state index contributed by atoms with van der Waals surface area (Å²) in [6.07, 6.45) is 5.81. The van der Waals surface area contributed by atoms with Crippen LogP contribution in [0.4, 0.5) is 8.78 Å². The average Bonchev–Trinajstić information content (AvgIpc) is 2.61. The van der Waals surface area contributed by atoms with Gasteiger partial charge in [-0.15, -0.1) is 0 Å². The van der Waals surface area contributed by atoms with Crippen LogP contribution in [0, 0.1) is 0 Å². The van der Waals surface area contributed by atoms with E-state index in [1.165, 1.54) is 6.42 Å². The molecule has 2 rings (SSSR count). The van der Waals surface area contributed by atoms with E-state index in [4.69, 9.17) is 0 Å². The van der Waals surface area contributed by atoms with E-state index in [1.54, 1.807) is 0 Å². The number of alkyl halides is 2. The first-order valence-electron chi connectivity index (χ1n) is 7.96. The van der Waals surface area contributed by atoms with Crippen LogP contribution in [0.1, 0.15) is 57.8 Å². The first-order valence-corrected chi connectivity index (χ1v) is 7.96. The summed E-state index contributed by atoms with van der Waals surface area (Å²) >= 11 is 0. The van der Waals surface area contributed by atoms with E-state index in [1.807, 2.05) is 4.90 Å². The third kappa shape index (κ3) is 5.00. The van der Waals surface area contributed by atoms with Crippen LogP contribution in [0.15, 0.2) is 0 Å². The summed E-state index contributed by atoms with van der Waals surface area (Å²) in [4.78, 5) is 13.9. The van der Waals surface area contributed by atoms with Crippen LogP contribution in [0.25, 0.3) is 0 Å². The first kappa shape index (κ1) is 15.7. The van der Waals surface area contributed by atoms with Crippen molar-refractivity contribution in [3.63, 3.8) is 0 Å². The topological polar surface area (TPSA) is 32.3 Å². The minimum atomic E-state index is -2.49. The molecule has 0 aromatic rings. The lowest BCUT2D eigenvalue weighted by Gasteiger charge is -2.27. The number of hydrogen-bond acceptors (Lipinski definition) is 2. The van der Waals surface area contributed by atoms with E-state index in [0.717, 1.165) is 32.4 Å². The van der Waals surface area contributed by atoms with Crippen molar-refractivity contribution in [1.82, 2.24) is 10.2 Å². The lowest BCUT2D eigenvalue weighted by Crippen LogP contribution is -2.38. The molecule has 1 heterocycles. The predicted molar refractivity (Wildman–Crippen MR) is 74.9 cm³/mol. The van der Waals surface area contributed by atoms with Crippen LogP contribution in [-0.2, 0) is 4.79 Å². The van der Waals surface area contributed by atoms with Gasteiger partial charge in [0.25, 0.3) is 0 Å². The molecule has 116 valence electrons. The number of amides is 1. The number of carbonyl (C=O) groups excluding carboxylic acids is 1. The lowest BCUT2D eigenvalue weighted by molar-refractivity contribution is -0.132. The quantitative estimate of drug-likeness (QED) is 0.807. The number of carbonyl (C=O) groups is 1. The molecule has 1 saturated heterocycles. The second-order valence-electron chi connectivity index (χ2n) is 6.13. The van der Waals surface area contributed by atoms with E-state index in [9.17, 15) is 13.6 Å². The summed E-state index contributed by atoms with van der Waals surface area (Å²) in [5.41, 5.74) is 0. The minimum absolute atomic E-state index is 0.0118. The number of likely N-dealkylation sites (tertiary alicyclic amines) is 1. The first-order chi connectivity index (χ1) is 9.57. The Morgan fingerprint density at radius 1 is 1.10 bits per heavy atom. The van der Waals surface area contributed by atoms with Crippen molar-refractivity contribution in [2.75, 3.05) is 19.6 Å². The second kappa shape index (κ2) is 7.34. The monoisotopic (exact) mass is 288 g/mol. The lowest BCUT2D eigenvalue weighted by atomic mass is 10.1. The van der Waals surface area contributed by atoms with Gasteiger partial charge in [-0.2, -0.15) is 0 Å². The fourth-order valence-corrected chi connectivity index (χ4v) is 3.15. The summed E-state index contributed by atoms with van der Waals surface area (Å²) in [7, 11) is 0. The third-order valence-electron chi connectivity index (χ3n) is 4.43.